The average molecular weight is 202 g/mol. The van der Waals surface area contributed by atoms with Gasteiger partial charge in [-0.15, -0.1) is 0 Å². The van der Waals surface area contributed by atoms with Crippen LogP contribution in [0.25, 0.3) is 12.2 Å². The molecule has 0 atom stereocenters. The van der Waals surface area contributed by atoms with E-state index in [9.17, 15) is 0 Å². The van der Waals surface area contributed by atoms with Gasteiger partial charge in [-0.05, 0) is 38.0 Å². The third-order valence-corrected chi connectivity index (χ3v) is 2.30. The van der Waals surface area contributed by atoms with Gasteiger partial charge in [0.2, 0.25) is 0 Å². The number of rotatable bonds is 4. The second kappa shape index (κ2) is 5.40. The van der Waals surface area contributed by atoms with Crippen molar-refractivity contribution in [1.29, 1.82) is 0 Å². The molecule has 0 radical (unpaired) electrons. The van der Waals surface area contributed by atoms with Crippen molar-refractivity contribution in [3.05, 3.63) is 41.5 Å². The van der Waals surface area contributed by atoms with Crippen LogP contribution in [0.15, 0.2) is 24.8 Å². The minimum absolute atomic E-state index is 0.680. The van der Waals surface area contributed by atoms with Gasteiger partial charge in [0.25, 0.3) is 0 Å². The normalized spacial score (nSPS) is 10.6. The third kappa shape index (κ3) is 2.50. The summed E-state index contributed by atoms with van der Waals surface area (Å²) in [7, 11) is 0. The molecule has 0 bridgehead atoms. The van der Waals surface area contributed by atoms with Crippen LogP contribution in [0.2, 0.25) is 0 Å². The van der Waals surface area contributed by atoms with Crippen LogP contribution in [-0.4, -0.2) is 6.61 Å². The van der Waals surface area contributed by atoms with E-state index in [1.807, 2.05) is 32.1 Å². The molecular formula is C14H18O. The molecule has 15 heavy (non-hydrogen) atoms. The Morgan fingerprint density at radius 3 is 2.60 bits per heavy atom. The highest BCUT2D eigenvalue weighted by Gasteiger charge is 2.06. The molecule has 0 aliphatic rings. The van der Waals surface area contributed by atoms with Gasteiger partial charge in [-0.2, -0.15) is 0 Å². The highest BCUT2D eigenvalue weighted by molar-refractivity contribution is 5.71. The molecule has 1 heteroatoms. The topological polar surface area (TPSA) is 9.23 Å². The standard InChI is InChI=1S/C14H18O/c1-5-8-13-11(4)9-10-14(15-7-3)12(13)6-2/h5-6,8-10H,2,7H2,1,3-4H3/b8-5-. The lowest BCUT2D eigenvalue weighted by molar-refractivity contribution is 0.339. The van der Waals surface area contributed by atoms with E-state index in [2.05, 4.69) is 25.6 Å². The second-order valence-corrected chi connectivity index (χ2v) is 3.35. The Balaban J connectivity index is 3.32. The van der Waals surface area contributed by atoms with Gasteiger partial charge in [0.15, 0.2) is 0 Å². The van der Waals surface area contributed by atoms with Gasteiger partial charge in [-0.1, -0.05) is 30.9 Å². The molecule has 0 aromatic heterocycles. The van der Waals surface area contributed by atoms with Crippen molar-refractivity contribution in [3.63, 3.8) is 0 Å². The Labute approximate surface area is 92.1 Å². The quantitative estimate of drug-likeness (QED) is 0.715. The Kier molecular flexibility index (Phi) is 4.17. The van der Waals surface area contributed by atoms with E-state index in [4.69, 9.17) is 4.74 Å². The number of ether oxygens (including phenoxy) is 1. The summed E-state index contributed by atoms with van der Waals surface area (Å²) in [5.41, 5.74) is 3.51. The first-order chi connectivity index (χ1) is 7.24. The second-order valence-electron chi connectivity index (χ2n) is 3.35. The maximum atomic E-state index is 5.56. The molecule has 0 aliphatic carbocycles. The van der Waals surface area contributed by atoms with E-state index < -0.39 is 0 Å². The summed E-state index contributed by atoms with van der Waals surface area (Å²) < 4.78 is 5.56. The van der Waals surface area contributed by atoms with Gasteiger partial charge in [0.05, 0.1) is 6.61 Å². The summed E-state index contributed by atoms with van der Waals surface area (Å²) in [6.07, 6.45) is 5.98. The summed E-state index contributed by atoms with van der Waals surface area (Å²) in [5, 5.41) is 0. The average Bonchev–Trinajstić information content (AvgIpc) is 2.24. The van der Waals surface area contributed by atoms with Gasteiger partial charge in [-0.3, -0.25) is 0 Å². The Bertz CT molecular complexity index is 375. The summed E-state index contributed by atoms with van der Waals surface area (Å²) in [6, 6.07) is 4.08. The van der Waals surface area contributed by atoms with Gasteiger partial charge in [0.1, 0.15) is 5.75 Å². The highest BCUT2D eigenvalue weighted by Crippen LogP contribution is 2.27. The van der Waals surface area contributed by atoms with Crippen LogP contribution < -0.4 is 4.74 Å². The fraction of sp³-hybridized carbons (Fsp3) is 0.286. The zero-order chi connectivity index (χ0) is 11.3. The van der Waals surface area contributed by atoms with E-state index in [1.54, 1.807) is 0 Å². The van der Waals surface area contributed by atoms with E-state index in [0.29, 0.717) is 6.61 Å². The first kappa shape index (κ1) is 11.6. The molecule has 0 unspecified atom stereocenters. The van der Waals surface area contributed by atoms with Crippen molar-refractivity contribution < 1.29 is 4.74 Å². The molecule has 1 rings (SSSR count). The zero-order valence-corrected chi connectivity index (χ0v) is 9.71. The lowest BCUT2D eigenvalue weighted by Gasteiger charge is -2.12. The SMILES string of the molecule is C=Cc1c(OCC)ccc(C)c1/C=C\C. The van der Waals surface area contributed by atoms with E-state index in [-0.39, 0.29) is 0 Å². The van der Waals surface area contributed by atoms with Crippen molar-refractivity contribution in [1.82, 2.24) is 0 Å². The molecule has 0 saturated heterocycles. The van der Waals surface area contributed by atoms with Crippen LogP contribution in [0, 0.1) is 6.92 Å². The predicted molar refractivity (Wildman–Crippen MR) is 67.1 cm³/mol. The van der Waals surface area contributed by atoms with E-state index in [0.717, 1.165) is 11.3 Å². The Hall–Kier alpha value is -1.50. The number of hydrogen-bond donors (Lipinski definition) is 0. The monoisotopic (exact) mass is 202 g/mol. The summed E-state index contributed by atoms with van der Waals surface area (Å²) in [5.74, 6) is 0.909. The van der Waals surface area contributed by atoms with E-state index in [1.165, 1.54) is 11.1 Å². The first-order valence-electron chi connectivity index (χ1n) is 5.26. The summed E-state index contributed by atoms with van der Waals surface area (Å²) in [4.78, 5) is 0. The highest BCUT2D eigenvalue weighted by atomic mass is 16.5. The smallest absolute Gasteiger partial charge is 0.127 e. The summed E-state index contributed by atoms with van der Waals surface area (Å²) in [6.45, 7) is 10.6. The maximum absolute atomic E-state index is 5.56. The molecule has 0 aliphatic heterocycles. The van der Waals surface area contributed by atoms with Crippen LogP contribution in [0.1, 0.15) is 30.5 Å². The molecule has 0 fully saturated rings. The molecule has 1 aromatic carbocycles. The van der Waals surface area contributed by atoms with Gasteiger partial charge >= 0.3 is 0 Å². The minimum Gasteiger partial charge on any atom is -0.493 e. The Morgan fingerprint density at radius 2 is 2.07 bits per heavy atom. The molecule has 0 spiro atoms. The molecule has 0 heterocycles. The van der Waals surface area contributed by atoms with Gasteiger partial charge in [0, 0.05) is 5.56 Å². The van der Waals surface area contributed by atoms with Crippen molar-refractivity contribution in [2.75, 3.05) is 6.61 Å². The van der Waals surface area contributed by atoms with Crippen molar-refractivity contribution in [3.8, 4) is 5.75 Å². The maximum Gasteiger partial charge on any atom is 0.127 e. The third-order valence-electron chi connectivity index (χ3n) is 2.30. The first-order valence-corrected chi connectivity index (χ1v) is 5.26. The molecular weight excluding hydrogens is 184 g/mol. The number of aryl methyl sites for hydroxylation is 1. The van der Waals surface area contributed by atoms with Gasteiger partial charge in [-0.25, -0.2) is 0 Å². The van der Waals surface area contributed by atoms with Crippen molar-refractivity contribution in [2.45, 2.75) is 20.8 Å². The van der Waals surface area contributed by atoms with Crippen LogP contribution >= 0.6 is 0 Å². The largest absolute Gasteiger partial charge is 0.493 e. The van der Waals surface area contributed by atoms with Crippen LogP contribution in [0.4, 0.5) is 0 Å². The summed E-state index contributed by atoms with van der Waals surface area (Å²) >= 11 is 0. The fourth-order valence-electron chi connectivity index (χ4n) is 1.61. The zero-order valence-electron chi connectivity index (χ0n) is 9.71. The minimum atomic E-state index is 0.680. The number of benzene rings is 1. The van der Waals surface area contributed by atoms with Crippen LogP contribution in [0.3, 0.4) is 0 Å². The molecule has 1 aromatic rings. The molecule has 1 nitrogen and oxygen atoms in total. The lowest BCUT2D eigenvalue weighted by atomic mass is 10.0. The van der Waals surface area contributed by atoms with Crippen LogP contribution in [-0.2, 0) is 0 Å². The molecule has 0 amide bonds. The molecule has 80 valence electrons. The molecule has 0 saturated carbocycles. The van der Waals surface area contributed by atoms with Gasteiger partial charge < -0.3 is 4.74 Å². The fourth-order valence-corrected chi connectivity index (χ4v) is 1.61. The predicted octanol–water partition coefficient (Wildman–Crippen LogP) is 4.07. The number of hydrogen-bond acceptors (Lipinski definition) is 1. The van der Waals surface area contributed by atoms with Crippen molar-refractivity contribution >= 4 is 12.2 Å². The van der Waals surface area contributed by atoms with Crippen molar-refractivity contribution in [2.24, 2.45) is 0 Å². The lowest BCUT2D eigenvalue weighted by Crippen LogP contribution is -1.96. The van der Waals surface area contributed by atoms with Crippen LogP contribution in [0.5, 0.6) is 5.75 Å². The Morgan fingerprint density at radius 1 is 1.33 bits per heavy atom. The van der Waals surface area contributed by atoms with E-state index >= 15 is 0 Å². The number of allylic oxidation sites excluding steroid dienone is 1. The molecule has 0 N–H and O–H groups in total.